The number of amides is 1. The number of aromatic nitrogens is 1. The van der Waals surface area contributed by atoms with Gasteiger partial charge in [-0.05, 0) is 49.1 Å². The highest BCUT2D eigenvalue weighted by atomic mass is 19.1. The Labute approximate surface area is 165 Å². The Hall–Kier alpha value is -2.62. The number of hydrogen-bond acceptors (Lipinski definition) is 1. The Kier molecular flexibility index (Phi) is 4.33. The monoisotopic (exact) mass is 378 g/mol. The van der Waals surface area contributed by atoms with E-state index in [1.807, 2.05) is 11.0 Å². The highest BCUT2D eigenvalue weighted by Crippen LogP contribution is 2.48. The second-order valence-electron chi connectivity index (χ2n) is 8.40. The van der Waals surface area contributed by atoms with E-state index >= 15 is 0 Å². The third-order valence-corrected chi connectivity index (χ3v) is 6.41. The fraction of sp³-hybridized carbons (Fsp3) is 0.375. The largest absolute Gasteiger partial charge is 0.356 e. The van der Waals surface area contributed by atoms with Crippen LogP contribution in [0.1, 0.15) is 61.2 Å². The molecule has 0 fully saturated rings. The molecule has 146 valence electrons. The molecular formula is C24H27FN2O. The minimum atomic E-state index is -0.309. The summed E-state index contributed by atoms with van der Waals surface area (Å²) in [4.78, 5) is 18.1. The summed E-state index contributed by atoms with van der Waals surface area (Å²) in [6.07, 6.45) is 0.824. The van der Waals surface area contributed by atoms with Crippen LogP contribution in [0.5, 0.6) is 0 Å². The smallest absolute Gasteiger partial charge is 0.220 e. The van der Waals surface area contributed by atoms with Crippen molar-refractivity contribution in [2.45, 2.75) is 52.5 Å². The van der Waals surface area contributed by atoms with E-state index in [2.05, 4.69) is 50.9 Å². The van der Waals surface area contributed by atoms with Crippen LogP contribution in [-0.4, -0.2) is 22.3 Å². The van der Waals surface area contributed by atoms with Gasteiger partial charge in [0, 0.05) is 35.5 Å². The number of nitrogens with zero attached hydrogens (tertiary/aromatic N) is 1. The summed E-state index contributed by atoms with van der Waals surface area (Å²) < 4.78 is 14.9. The van der Waals surface area contributed by atoms with E-state index in [0.29, 0.717) is 11.9 Å². The maximum atomic E-state index is 14.9. The van der Waals surface area contributed by atoms with Crippen molar-refractivity contribution in [1.82, 2.24) is 9.88 Å². The normalized spacial score (nSPS) is 21.8. The molecule has 0 bridgehead atoms. The lowest BCUT2D eigenvalue weighted by Gasteiger charge is -2.45. The van der Waals surface area contributed by atoms with E-state index in [1.165, 1.54) is 11.6 Å². The number of nitrogens with one attached hydrogen (secondary N) is 1. The van der Waals surface area contributed by atoms with E-state index < -0.39 is 0 Å². The molecule has 4 rings (SSSR count). The summed E-state index contributed by atoms with van der Waals surface area (Å²) in [6, 6.07) is 11.3. The molecule has 0 saturated heterocycles. The number of carbonyl (C=O) groups excluding carboxylic acids is 1. The molecule has 0 radical (unpaired) electrons. The van der Waals surface area contributed by atoms with E-state index in [-0.39, 0.29) is 23.2 Å². The van der Waals surface area contributed by atoms with Crippen LogP contribution in [-0.2, 0) is 10.2 Å². The summed E-state index contributed by atoms with van der Waals surface area (Å²) in [5.41, 5.74) is 5.87. The molecule has 1 aromatic heterocycles. The first-order valence-corrected chi connectivity index (χ1v) is 9.91. The molecule has 1 aliphatic heterocycles. The van der Waals surface area contributed by atoms with Crippen molar-refractivity contribution >= 4 is 16.8 Å². The number of rotatable bonds is 2. The van der Waals surface area contributed by atoms with Gasteiger partial charge in [0.05, 0.1) is 6.04 Å². The Bertz CT molecular complexity index is 1080. The third kappa shape index (κ3) is 2.66. The minimum Gasteiger partial charge on any atom is -0.356 e. The molecule has 1 aliphatic rings. The molecule has 2 atom stereocenters. The molecule has 3 nitrogen and oxygen atoms in total. The molecule has 4 heteroatoms. The van der Waals surface area contributed by atoms with Crippen LogP contribution in [0.4, 0.5) is 4.39 Å². The van der Waals surface area contributed by atoms with E-state index in [9.17, 15) is 9.18 Å². The number of H-pyrrole nitrogens is 1. The minimum absolute atomic E-state index is 0.0365. The highest BCUT2D eigenvalue weighted by molar-refractivity contribution is 5.88. The van der Waals surface area contributed by atoms with Gasteiger partial charge in [-0.2, -0.15) is 0 Å². The third-order valence-electron chi connectivity index (χ3n) is 6.41. The molecule has 2 aromatic carbocycles. The number of halogens is 1. The fourth-order valence-corrected chi connectivity index (χ4v) is 4.80. The Balaban J connectivity index is 2.08. The number of fused-ring (bicyclic) bond motifs is 3. The van der Waals surface area contributed by atoms with Crippen LogP contribution in [0.3, 0.4) is 0 Å². The molecule has 1 N–H and O–H groups in total. The van der Waals surface area contributed by atoms with Gasteiger partial charge >= 0.3 is 0 Å². The first kappa shape index (κ1) is 18.7. The quantitative estimate of drug-likeness (QED) is 0.624. The summed E-state index contributed by atoms with van der Waals surface area (Å²) >= 11 is 0. The average molecular weight is 378 g/mol. The Morgan fingerprint density at radius 1 is 1.29 bits per heavy atom. The number of hydrogen-bond donors (Lipinski definition) is 1. The van der Waals surface area contributed by atoms with Gasteiger partial charge in [-0.3, -0.25) is 4.79 Å². The predicted octanol–water partition coefficient (Wildman–Crippen LogP) is 5.54. The van der Waals surface area contributed by atoms with E-state index in [1.54, 1.807) is 13.0 Å². The SMILES string of the molecule is CCC1(C)CN(C(C)=O)[C@@H](c2ccc(C)cc2C)c2[nH]c3cccc(F)c3c21. The number of benzene rings is 2. The zero-order valence-corrected chi connectivity index (χ0v) is 17.2. The molecule has 1 unspecified atom stereocenters. The van der Waals surface area contributed by atoms with E-state index in [0.717, 1.165) is 34.3 Å². The number of aromatic amines is 1. The van der Waals surface area contributed by atoms with Crippen LogP contribution < -0.4 is 0 Å². The zero-order valence-electron chi connectivity index (χ0n) is 17.2. The highest BCUT2D eigenvalue weighted by Gasteiger charge is 2.44. The topological polar surface area (TPSA) is 36.1 Å². The molecule has 1 amide bonds. The van der Waals surface area contributed by atoms with Crippen LogP contribution in [0.15, 0.2) is 36.4 Å². The Morgan fingerprint density at radius 3 is 2.68 bits per heavy atom. The molecule has 0 aliphatic carbocycles. The van der Waals surface area contributed by atoms with Crippen molar-refractivity contribution < 1.29 is 9.18 Å². The van der Waals surface area contributed by atoms with Crippen LogP contribution in [0.2, 0.25) is 0 Å². The molecule has 3 aromatic rings. The summed E-state index contributed by atoms with van der Waals surface area (Å²) in [5, 5.41) is 0.666. The molecule has 0 spiro atoms. The summed E-state index contributed by atoms with van der Waals surface area (Å²) in [7, 11) is 0. The lowest BCUT2D eigenvalue weighted by molar-refractivity contribution is -0.132. The lowest BCUT2D eigenvalue weighted by atomic mass is 9.72. The van der Waals surface area contributed by atoms with Gasteiger partial charge in [-0.1, -0.05) is 43.7 Å². The van der Waals surface area contributed by atoms with Crippen LogP contribution in [0.25, 0.3) is 10.9 Å². The van der Waals surface area contributed by atoms with Crippen molar-refractivity contribution in [2.24, 2.45) is 0 Å². The second-order valence-corrected chi connectivity index (χ2v) is 8.40. The first-order chi connectivity index (χ1) is 13.3. The van der Waals surface area contributed by atoms with Crippen LogP contribution >= 0.6 is 0 Å². The average Bonchev–Trinajstić information content (AvgIpc) is 3.04. The predicted molar refractivity (Wildman–Crippen MR) is 111 cm³/mol. The van der Waals surface area contributed by atoms with E-state index in [4.69, 9.17) is 0 Å². The van der Waals surface area contributed by atoms with Gasteiger partial charge in [-0.25, -0.2) is 4.39 Å². The van der Waals surface area contributed by atoms with Crippen molar-refractivity contribution in [2.75, 3.05) is 6.54 Å². The maximum absolute atomic E-state index is 14.9. The van der Waals surface area contributed by atoms with Crippen molar-refractivity contribution in [1.29, 1.82) is 0 Å². The van der Waals surface area contributed by atoms with Gasteiger partial charge < -0.3 is 9.88 Å². The summed E-state index contributed by atoms with van der Waals surface area (Å²) in [6.45, 7) is 10.6. The standard InChI is InChI=1S/C24H27FN2O/c1-6-24(5)13-27(16(4)28)23(17-11-10-14(2)12-15(17)3)22-21(24)20-18(25)8-7-9-19(20)26-22/h7-12,23,26H,6,13H2,1-5H3/t23-,24?/m0/s1. The Morgan fingerprint density at radius 2 is 2.04 bits per heavy atom. The lowest BCUT2D eigenvalue weighted by Crippen LogP contribution is -2.48. The second kappa shape index (κ2) is 6.47. The van der Waals surface area contributed by atoms with Crippen molar-refractivity contribution in [3.63, 3.8) is 0 Å². The van der Waals surface area contributed by atoms with Crippen LogP contribution in [0, 0.1) is 19.7 Å². The number of aryl methyl sites for hydroxylation is 2. The van der Waals surface area contributed by atoms with Gasteiger partial charge in [0.15, 0.2) is 0 Å². The molecule has 2 heterocycles. The fourth-order valence-electron chi connectivity index (χ4n) is 4.80. The van der Waals surface area contributed by atoms with Gasteiger partial charge in [-0.15, -0.1) is 0 Å². The maximum Gasteiger partial charge on any atom is 0.220 e. The molecular weight excluding hydrogens is 351 g/mol. The first-order valence-electron chi connectivity index (χ1n) is 9.91. The molecule has 0 saturated carbocycles. The van der Waals surface area contributed by atoms with Crippen molar-refractivity contribution in [3.05, 3.63) is 70.2 Å². The number of carbonyl (C=O) groups is 1. The summed E-state index contributed by atoms with van der Waals surface area (Å²) in [5.74, 6) is -0.167. The molecule has 28 heavy (non-hydrogen) atoms. The van der Waals surface area contributed by atoms with Gasteiger partial charge in [0.2, 0.25) is 5.91 Å². The zero-order chi connectivity index (χ0) is 20.2. The van der Waals surface area contributed by atoms with Gasteiger partial charge in [0.25, 0.3) is 0 Å². The van der Waals surface area contributed by atoms with Gasteiger partial charge in [0.1, 0.15) is 5.82 Å². The van der Waals surface area contributed by atoms with Crippen molar-refractivity contribution in [3.8, 4) is 0 Å².